The predicted octanol–water partition coefficient (Wildman–Crippen LogP) is 4.52. The number of rotatable bonds is 8. The van der Waals surface area contributed by atoms with Gasteiger partial charge in [0.25, 0.3) is 5.56 Å². The van der Waals surface area contributed by atoms with Crippen molar-refractivity contribution in [2.75, 3.05) is 0 Å². The van der Waals surface area contributed by atoms with Crippen LogP contribution in [-0.4, -0.2) is 30.1 Å². The third kappa shape index (κ3) is 5.23. The number of aromatic nitrogens is 5. The number of pyridine rings is 1. The van der Waals surface area contributed by atoms with Gasteiger partial charge >= 0.3 is 0 Å². The number of aromatic amines is 1. The smallest absolute Gasteiger partial charge is 0.252 e. The highest BCUT2D eigenvalue weighted by Gasteiger charge is 2.16. The molecule has 0 saturated carbocycles. The van der Waals surface area contributed by atoms with Gasteiger partial charge < -0.3 is 4.98 Å². The standard InChI is InChI=1S/C28H27FN6O/c1-19-8-11-23-14-24(28(36)30-27(23)20(19)2)17-34(15-21-6-4-3-5-7-21)18-26-31-32-33-35(26)16-22-9-12-25(29)13-10-22/h3-14H,15-18H2,1-2H3,(H,30,36). The minimum absolute atomic E-state index is 0.0971. The van der Waals surface area contributed by atoms with Crippen LogP contribution in [0.15, 0.2) is 77.6 Å². The number of fused-ring (bicyclic) bond motifs is 1. The summed E-state index contributed by atoms with van der Waals surface area (Å²) in [6.45, 7) is 5.98. The summed E-state index contributed by atoms with van der Waals surface area (Å²) >= 11 is 0. The largest absolute Gasteiger partial charge is 0.321 e. The molecule has 36 heavy (non-hydrogen) atoms. The molecule has 0 unspecified atom stereocenters. The van der Waals surface area contributed by atoms with Crippen LogP contribution in [0.2, 0.25) is 0 Å². The van der Waals surface area contributed by atoms with Gasteiger partial charge in [-0.05, 0) is 70.1 Å². The van der Waals surface area contributed by atoms with E-state index in [1.165, 1.54) is 12.1 Å². The molecule has 1 N–H and O–H groups in total. The SMILES string of the molecule is Cc1ccc2cc(CN(Cc3ccccc3)Cc3nnnn3Cc3ccc(F)cc3)c(=O)[nH]c2c1C. The van der Waals surface area contributed by atoms with Gasteiger partial charge in [0, 0.05) is 18.7 Å². The van der Waals surface area contributed by atoms with E-state index >= 15 is 0 Å². The summed E-state index contributed by atoms with van der Waals surface area (Å²) in [6, 6.07) is 22.5. The first-order chi connectivity index (χ1) is 17.5. The van der Waals surface area contributed by atoms with Crippen molar-refractivity contribution in [3.8, 4) is 0 Å². The molecule has 0 amide bonds. The molecule has 0 aliphatic carbocycles. The van der Waals surface area contributed by atoms with Crippen molar-refractivity contribution in [1.82, 2.24) is 30.1 Å². The maximum absolute atomic E-state index is 13.3. The van der Waals surface area contributed by atoms with Gasteiger partial charge in [-0.3, -0.25) is 9.69 Å². The highest BCUT2D eigenvalue weighted by molar-refractivity contribution is 5.83. The average Bonchev–Trinajstić information content (AvgIpc) is 3.31. The molecule has 0 bridgehead atoms. The molecular formula is C28H27FN6O. The number of hydrogen-bond donors (Lipinski definition) is 1. The lowest BCUT2D eigenvalue weighted by Crippen LogP contribution is -2.28. The van der Waals surface area contributed by atoms with Crippen molar-refractivity contribution in [2.45, 2.75) is 40.0 Å². The maximum Gasteiger partial charge on any atom is 0.252 e. The zero-order chi connectivity index (χ0) is 25.1. The van der Waals surface area contributed by atoms with Crippen LogP contribution < -0.4 is 5.56 Å². The second-order valence-electron chi connectivity index (χ2n) is 9.11. The van der Waals surface area contributed by atoms with Gasteiger partial charge in [0.15, 0.2) is 5.82 Å². The lowest BCUT2D eigenvalue weighted by Gasteiger charge is -2.22. The number of tetrazole rings is 1. The Balaban J connectivity index is 1.44. The minimum atomic E-state index is -0.282. The Hall–Kier alpha value is -4.17. The molecule has 0 saturated heterocycles. The Kier molecular flexibility index (Phi) is 6.69. The lowest BCUT2D eigenvalue weighted by atomic mass is 10.0. The van der Waals surface area contributed by atoms with Gasteiger partial charge in [-0.1, -0.05) is 54.6 Å². The number of hydrogen-bond acceptors (Lipinski definition) is 5. The fourth-order valence-electron chi connectivity index (χ4n) is 4.36. The Morgan fingerprint density at radius 1 is 0.917 bits per heavy atom. The molecule has 0 aliphatic rings. The summed E-state index contributed by atoms with van der Waals surface area (Å²) in [5, 5.41) is 13.3. The maximum atomic E-state index is 13.3. The first-order valence-corrected chi connectivity index (χ1v) is 11.8. The van der Waals surface area contributed by atoms with Gasteiger partial charge in [-0.2, -0.15) is 0 Å². The molecule has 3 aromatic carbocycles. The van der Waals surface area contributed by atoms with Crippen LogP contribution in [0.25, 0.3) is 10.9 Å². The normalized spacial score (nSPS) is 11.4. The Morgan fingerprint density at radius 2 is 1.69 bits per heavy atom. The van der Waals surface area contributed by atoms with Crippen molar-refractivity contribution in [3.63, 3.8) is 0 Å². The zero-order valence-corrected chi connectivity index (χ0v) is 20.3. The third-order valence-electron chi connectivity index (χ3n) is 6.49. The highest BCUT2D eigenvalue weighted by Crippen LogP contribution is 2.20. The van der Waals surface area contributed by atoms with E-state index in [0.717, 1.165) is 33.2 Å². The van der Waals surface area contributed by atoms with Gasteiger partial charge in [0.1, 0.15) is 5.82 Å². The monoisotopic (exact) mass is 482 g/mol. The molecule has 182 valence electrons. The summed E-state index contributed by atoms with van der Waals surface area (Å²) in [6.07, 6.45) is 0. The molecule has 0 atom stereocenters. The molecule has 5 aromatic rings. The summed E-state index contributed by atoms with van der Waals surface area (Å²) in [5.41, 5.74) is 5.71. The van der Waals surface area contributed by atoms with Crippen LogP contribution >= 0.6 is 0 Å². The van der Waals surface area contributed by atoms with E-state index in [0.29, 0.717) is 37.6 Å². The van der Waals surface area contributed by atoms with Crippen LogP contribution in [0.4, 0.5) is 4.39 Å². The van der Waals surface area contributed by atoms with Gasteiger partial charge in [0.05, 0.1) is 18.6 Å². The van der Waals surface area contributed by atoms with E-state index in [1.54, 1.807) is 16.8 Å². The van der Waals surface area contributed by atoms with E-state index in [2.05, 4.69) is 43.6 Å². The molecule has 2 heterocycles. The Morgan fingerprint density at radius 3 is 2.47 bits per heavy atom. The second kappa shape index (κ2) is 10.2. The summed E-state index contributed by atoms with van der Waals surface area (Å²) in [7, 11) is 0. The van der Waals surface area contributed by atoms with Gasteiger partial charge in [-0.15, -0.1) is 5.10 Å². The number of nitrogens with zero attached hydrogens (tertiary/aromatic N) is 5. The van der Waals surface area contributed by atoms with Gasteiger partial charge in [-0.25, -0.2) is 9.07 Å². The molecule has 2 aromatic heterocycles. The van der Waals surface area contributed by atoms with Crippen LogP contribution in [0.3, 0.4) is 0 Å². The lowest BCUT2D eigenvalue weighted by molar-refractivity contribution is 0.236. The van der Waals surface area contributed by atoms with E-state index < -0.39 is 0 Å². The van der Waals surface area contributed by atoms with Crippen LogP contribution in [-0.2, 0) is 26.2 Å². The fourth-order valence-corrected chi connectivity index (χ4v) is 4.36. The molecule has 0 radical (unpaired) electrons. The molecule has 7 nitrogen and oxygen atoms in total. The van der Waals surface area contributed by atoms with Crippen molar-refractivity contribution in [3.05, 3.63) is 123 Å². The van der Waals surface area contributed by atoms with E-state index in [9.17, 15) is 9.18 Å². The number of nitrogens with one attached hydrogen (secondary N) is 1. The van der Waals surface area contributed by atoms with Crippen molar-refractivity contribution >= 4 is 10.9 Å². The van der Waals surface area contributed by atoms with Crippen LogP contribution in [0, 0.1) is 19.7 Å². The summed E-state index contributed by atoms with van der Waals surface area (Å²) in [4.78, 5) is 18.3. The molecule has 5 rings (SSSR count). The average molecular weight is 483 g/mol. The first kappa shape index (κ1) is 23.6. The molecule has 8 heteroatoms. The van der Waals surface area contributed by atoms with Crippen LogP contribution in [0.1, 0.15) is 33.6 Å². The number of H-pyrrole nitrogens is 1. The number of halogens is 1. The Bertz CT molecular complexity index is 1540. The number of benzene rings is 3. The Labute approximate surface area is 208 Å². The molecular weight excluding hydrogens is 455 g/mol. The quantitative estimate of drug-likeness (QED) is 0.352. The zero-order valence-electron chi connectivity index (χ0n) is 20.3. The summed E-state index contributed by atoms with van der Waals surface area (Å²) < 4.78 is 15.0. The summed E-state index contributed by atoms with van der Waals surface area (Å²) in [5.74, 6) is 0.384. The van der Waals surface area contributed by atoms with Crippen molar-refractivity contribution in [2.24, 2.45) is 0 Å². The molecule has 0 fully saturated rings. The van der Waals surface area contributed by atoms with Crippen LogP contribution in [0.5, 0.6) is 0 Å². The fraction of sp³-hybridized carbons (Fsp3) is 0.214. The number of aryl methyl sites for hydroxylation is 2. The third-order valence-corrected chi connectivity index (χ3v) is 6.49. The van der Waals surface area contributed by atoms with Crippen molar-refractivity contribution < 1.29 is 4.39 Å². The van der Waals surface area contributed by atoms with E-state index in [1.807, 2.05) is 44.2 Å². The molecule has 0 spiro atoms. The van der Waals surface area contributed by atoms with Gasteiger partial charge in [0.2, 0.25) is 0 Å². The minimum Gasteiger partial charge on any atom is -0.321 e. The second-order valence-corrected chi connectivity index (χ2v) is 9.11. The van der Waals surface area contributed by atoms with E-state index in [-0.39, 0.29) is 11.4 Å². The highest BCUT2D eigenvalue weighted by atomic mass is 19.1. The topological polar surface area (TPSA) is 79.7 Å². The molecule has 0 aliphatic heterocycles. The first-order valence-electron chi connectivity index (χ1n) is 11.8. The van der Waals surface area contributed by atoms with Crippen molar-refractivity contribution in [1.29, 1.82) is 0 Å². The van der Waals surface area contributed by atoms with E-state index in [4.69, 9.17) is 0 Å². The predicted molar refractivity (Wildman–Crippen MR) is 137 cm³/mol.